The number of benzene rings is 1. The van der Waals surface area contributed by atoms with E-state index in [-0.39, 0.29) is 22.4 Å². The highest BCUT2D eigenvalue weighted by Gasteiger charge is 2.24. The smallest absolute Gasteiger partial charge is 0.339 e. The van der Waals surface area contributed by atoms with E-state index in [1.807, 2.05) is 0 Å². The molecule has 0 unspecified atom stereocenters. The molecule has 0 aliphatic rings. The monoisotopic (exact) mass is 465 g/mol. The quantitative estimate of drug-likeness (QED) is 0.327. The van der Waals surface area contributed by atoms with E-state index in [4.69, 9.17) is 9.47 Å². The van der Waals surface area contributed by atoms with Gasteiger partial charge in [0.05, 0.1) is 24.6 Å². The molecule has 0 bridgehead atoms. The number of methoxy groups -OCH3 is 1. The molecule has 2 aromatic heterocycles. The summed E-state index contributed by atoms with van der Waals surface area (Å²) in [4.78, 5) is 16.6. The number of esters is 1. The summed E-state index contributed by atoms with van der Waals surface area (Å²) in [6.45, 7) is 4.54. The minimum atomic E-state index is -2.84. The van der Waals surface area contributed by atoms with Crippen LogP contribution in [0.2, 0.25) is 0 Å². The van der Waals surface area contributed by atoms with Gasteiger partial charge < -0.3 is 9.47 Å². The Bertz CT molecular complexity index is 1140. The normalized spacial score (nSPS) is 11.8. The number of rotatable bonds is 7. The first kappa shape index (κ1) is 24.2. The molecule has 6 nitrogen and oxygen atoms in total. The summed E-state index contributed by atoms with van der Waals surface area (Å²) in [6.07, 6.45) is -2.85. The van der Waals surface area contributed by atoms with Crippen molar-refractivity contribution in [1.82, 2.24) is 14.8 Å². The number of hydrogen-bond acceptors (Lipinski definition) is 5. The van der Waals surface area contributed by atoms with Crippen molar-refractivity contribution in [3.8, 4) is 28.1 Å². The van der Waals surface area contributed by atoms with Gasteiger partial charge in [0, 0.05) is 22.9 Å². The van der Waals surface area contributed by atoms with Crippen molar-refractivity contribution in [1.29, 1.82) is 0 Å². The Hall–Kier alpha value is -3.43. The lowest BCUT2D eigenvalue weighted by atomic mass is 9.95. The number of nitrogens with zero attached hydrogens (tertiary/aromatic N) is 3. The molecule has 0 aliphatic carbocycles. The molecular weight excluding hydrogens is 442 g/mol. The van der Waals surface area contributed by atoms with Gasteiger partial charge in [-0.05, 0) is 45.0 Å². The molecule has 0 aliphatic heterocycles. The van der Waals surface area contributed by atoms with E-state index in [1.54, 1.807) is 39.0 Å². The summed E-state index contributed by atoms with van der Waals surface area (Å²) in [6, 6.07) is 7.31. The van der Waals surface area contributed by atoms with Crippen LogP contribution < -0.4 is 4.74 Å². The summed E-state index contributed by atoms with van der Waals surface area (Å²) < 4.78 is 64.0. The van der Waals surface area contributed by atoms with Crippen molar-refractivity contribution >= 4 is 5.97 Å². The van der Waals surface area contributed by atoms with Crippen molar-refractivity contribution < 1.29 is 31.8 Å². The Morgan fingerprint density at radius 1 is 1.09 bits per heavy atom. The van der Waals surface area contributed by atoms with Gasteiger partial charge in [0.25, 0.3) is 12.9 Å². The second-order valence-electron chi connectivity index (χ2n) is 8.19. The third kappa shape index (κ3) is 5.88. The number of carbonyl (C=O) groups excluding carboxylic acids is 1. The third-order valence-electron chi connectivity index (χ3n) is 4.52. The Morgan fingerprint density at radius 2 is 1.82 bits per heavy atom. The van der Waals surface area contributed by atoms with E-state index in [0.29, 0.717) is 11.3 Å². The van der Waals surface area contributed by atoms with E-state index in [2.05, 4.69) is 10.1 Å². The van der Waals surface area contributed by atoms with Gasteiger partial charge in [-0.15, -0.1) is 0 Å². The van der Waals surface area contributed by atoms with Crippen LogP contribution in [0.4, 0.5) is 17.6 Å². The van der Waals surface area contributed by atoms with Crippen LogP contribution in [0.15, 0.2) is 42.7 Å². The standard InChI is InChI=1S/C23H23F4N3O3/c1-23(2,3)33-22(31)14-6-5-13(17-7-8-30(29-17)12-20(24)25)9-15(14)16-10-18(21(26)27)28-11-19(16)32-4/h5-11,20-21H,12H2,1-4H3. The van der Waals surface area contributed by atoms with Crippen LogP contribution in [0.1, 0.15) is 43.2 Å². The van der Waals surface area contributed by atoms with E-state index >= 15 is 0 Å². The Balaban J connectivity index is 2.18. The average molecular weight is 465 g/mol. The zero-order valence-electron chi connectivity index (χ0n) is 18.5. The molecule has 176 valence electrons. The van der Waals surface area contributed by atoms with E-state index in [9.17, 15) is 22.4 Å². The predicted octanol–water partition coefficient (Wildman–Crippen LogP) is 5.78. The highest BCUT2D eigenvalue weighted by Crippen LogP contribution is 2.37. The minimum absolute atomic E-state index is 0.116. The van der Waals surface area contributed by atoms with Crippen molar-refractivity contribution in [2.24, 2.45) is 0 Å². The van der Waals surface area contributed by atoms with Gasteiger partial charge in [0.1, 0.15) is 23.6 Å². The van der Waals surface area contributed by atoms with E-state index < -0.39 is 36.7 Å². The maximum atomic E-state index is 13.4. The molecule has 0 spiro atoms. The van der Waals surface area contributed by atoms with Crippen LogP contribution in [-0.2, 0) is 11.3 Å². The minimum Gasteiger partial charge on any atom is -0.494 e. The summed E-state index contributed by atoms with van der Waals surface area (Å²) in [5, 5.41) is 4.13. The van der Waals surface area contributed by atoms with Crippen molar-refractivity contribution in [3.63, 3.8) is 0 Å². The Labute approximate surface area is 188 Å². The van der Waals surface area contributed by atoms with Crippen molar-refractivity contribution in [2.75, 3.05) is 7.11 Å². The summed E-state index contributed by atoms with van der Waals surface area (Å²) >= 11 is 0. The number of alkyl halides is 4. The molecule has 3 aromatic rings. The molecule has 2 heterocycles. The van der Waals surface area contributed by atoms with Gasteiger partial charge in [-0.2, -0.15) is 5.10 Å². The van der Waals surface area contributed by atoms with Gasteiger partial charge in [0.2, 0.25) is 0 Å². The van der Waals surface area contributed by atoms with Gasteiger partial charge >= 0.3 is 5.97 Å². The summed E-state index contributed by atoms with van der Waals surface area (Å²) in [5.74, 6) is -0.491. The molecule has 0 amide bonds. The van der Waals surface area contributed by atoms with Crippen LogP contribution in [-0.4, -0.2) is 39.9 Å². The molecule has 0 radical (unpaired) electrons. The molecule has 0 atom stereocenters. The zero-order chi connectivity index (χ0) is 24.3. The maximum Gasteiger partial charge on any atom is 0.339 e. The van der Waals surface area contributed by atoms with Gasteiger partial charge in [0.15, 0.2) is 0 Å². The Kier molecular flexibility index (Phi) is 7.04. The number of carbonyl (C=O) groups is 1. The van der Waals surface area contributed by atoms with Crippen molar-refractivity contribution in [3.05, 3.63) is 54.0 Å². The first-order chi connectivity index (χ1) is 15.5. The molecule has 1 aromatic carbocycles. The van der Waals surface area contributed by atoms with Crippen LogP contribution in [0.25, 0.3) is 22.4 Å². The fraction of sp³-hybridized carbons (Fsp3) is 0.348. The zero-order valence-corrected chi connectivity index (χ0v) is 18.5. The van der Waals surface area contributed by atoms with Crippen LogP contribution in [0.3, 0.4) is 0 Å². The number of ether oxygens (including phenoxy) is 2. The van der Waals surface area contributed by atoms with Crippen LogP contribution >= 0.6 is 0 Å². The summed E-state index contributed by atoms with van der Waals surface area (Å²) in [7, 11) is 1.35. The molecule has 0 fully saturated rings. The second-order valence-corrected chi connectivity index (χ2v) is 8.19. The fourth-order valence-corrected chi connectivity index (χ4v) is 3.15. The highest BCUT2D eigenvalue weighted by molar-refractivity contribution is 5.99. The molecular formula is C23H23F4N3O3. The number of hydrogen-bond donors (Lipinski definition) is 0. The SMILES string of the molecule is COc1cnc(C(F)F)cc1-c1cc(-c2ccn(CC(F)F)n2)ccc1C(=O)OC(C)(C)C. The van der Waals surface area contributed by atoms with Gasteiger partial charge in [-0.1, -0.05) is 6.07 Å². The number of halogens is 4. The van der Waals surface area contributed by atoms with Crippen LogP contribution in [0.5, 0.6) is 5.75 Å². The van der Waals surface area contributed by atoms with Crippen LogP contribution in [0, 0.1) is 0 Å². The Morgan fingerprint density at radius 3 is 2.42 bits per heavy atom. The molecule has 10 heteroatoms. The average Bonchev–Trinajstić information content (AvgIpc) is 3.19. The maximum absolute atomic E-state index is 13.4. The lowest BCUT2D eigenvalue weighted by Gasteiger charge is -2.21. The molecule has 0 saturated carbocycles. The lowest BCUT2D eigenvalue weighted by molar-refractivity contribution is 0.00704. The second kappa shape index (κ2) is 9.60. The van der Waals surface area contributed by atoms with Crippen molar-refractivity contribution in [2.45, 2.75) is 45.8 Å². The highest BCUT2D eigenvalue weighted by atomic mass is 19.3. The first-order valence-electron chi connectivity index (χ1n) is 10.0. The first-order valence-corrected chi connectivity index (χ1v) is 10.0. The lowest BCUT2D eigenvalue weighted by Crippen LogP contribution is -2.24. The molecule has 33 heavy (non-hydrogen) atoms. The fourth-order valence-electron chi connectivity index (χ4n) is 3.15. The number of pyridine rings is 1. The van der Waals surface area contributed by atoms with E-state index in [0.717, 1.165) is 16.9 Å². The molecule has 0 N–H and O–H groups in total. The third-order valence-corrected chi connectivity index (χ3v) is 4.52. The molecule has 3 rings (SSSR count). The predicted molar refractivity (Wildman–Crippen MR) is 114 cm³/mol. The number of aromatic nitrogens is 3. The van der Waals surface area contributed by atoms with Gasteiger partial charge in [-0.25, -0.2) is 22.4 Å². The largest absolute Gasteiger partial charge is 0.494 e. The van der Waals surface area contributed by atoms with E-state index in [1.165, 1.54) is 19.4 Å². The summed E-state index contributed by atoms with van der Waals surface area (Å²) in [5.41, 5.74) is 0.150. The topological polar surface area (TPSA) is 66.2 Å². The molecule has 0 saturated heterocycles. The van der Waals surface area contributed by atoms with Gasteiger partial charge in [-0.3, -0.25) is 9.67 Å².